The van der Waals surface area contributed by atoms with Crippen LogP contribution in [0.2, 0.25) is 5.02 Å². The van der Waals surface area contributed by atoms with Crippen molar-refractivity contribution in [3.8, 4) is 6.07 Å². The smallest absolute Gasteiger partial charge is 0.243 e. The summed E-state index contributed by atoms with van der Waals surface area (Å²) in [5, 5.41) is 11.9. The Labute approximate surface area is 151 Å². The lowest BCUT2D eigenvalue weighted by Crippen LogP contribution is -2.34. The van der Waals surface area contributed by atoms with Gasteiger partial charge in [-0.1, -0.05) is 17.7 Å². The molecule has 0 unspecified atom stereocenters. The molecular formula is C17H16ClN3O3S. The minimum Gasteiger partial charge on any atom is -0.325 e. The van der Waals surface area contributed by atoms with E-state index in [0.717, 1.165) is 9.87 Å². The summed E-state index contributed by atoms with van der Waals surface area (Å²) >= 11 is 6.00. The average molecular weight is 378 g/mol. The molecule has 0 aliphatic carbocycles. The van der Waals surface area contributed by atoms with E-state index in [1.54, 1.807) is 18.2 Å². The van der Waals surface area contributed by atoms with Crippen LogP contribution in [0.15, 0.2) is 47.4 Å². The predicted octanol–water partition coefficient (Wildman–Crippen LogP) is 2.78. The first-order valence-electron chi connectivity index (χ1n) is 7.26. The van der Waals surface area contributed by atoms with E-state index in [-0.39, 0.29) is 11.4 Å². The van der Waals surface area contributed by atoms with Gasteiger partial charge in [-0.2, -0.15) is 9.57 Å². The largest absolute Gasteiger partial charge is 0.325 e. The topological polar surface area (TPSA) is 90.3 Å². The van der Waals surface area contributed by atoms with Crippen molar-refractivity contribution in [3.63, 3.8) is 0 Å². The molecule has 0 saturated carbocycles. The van der Waals surface area contributed by atoms with E-state index in [0.29, 0.717) is 16.3 Å². The van der Waals surface area contributed by atoms with Gasteiger partial charge >= 0.3 is 0 Å². The molecule has 2 aromatic rings. The van der Waals surface area contributed by atoms with Crippen molar-refractivity contribution in [3.05, 3.63) is 58.6 Å². The minimum absolute atomic E-state index is 0.0141. The summed E-state index contributed by atoms with van der Waals surface area (Å²) in [4.78, 5) is 12.1. The molecule has 0 saturated heterocycles. The maximum Gasteiger partial charge on any atom is 0.243 e. The van der Waals surface area contributed by atoms with Gasteiger partial charge in [0, 0.05) is 17.8 Å². The molecule has 25 heavy (non-hydrogen) atoms. The molecule has 1 N–H and O–H groups in total. The van der Waals surface area contributed by atoms with Crippen molar-refractivity contribution in [2.45, 2.75) is 11.8 Å². The molecule has 0 atom stereocenters. The Morgan fingerprint density at radius 2 is 1.88 bits per heavy atom. The highest BCUT2D eigenvalue weighted by Crippen LogP contribution is 2.20. The van der Waals surface area contributed by atoms with Gasteiger partial charge in [-0.15, -0.1) is 0 Å². The highest BCUT2D eigenvalue weighted by atomic mass is 35.5. The van der Waals surface area contributed by atoms with Gasteiger partial charge in [-0.3, -0.25) is 4.79 Å². The number of amides is 1. The van der Waals surface area contributed by atoms with Gasteiger partial charge in [-0.05, 0) is 48.9 Å². The fourth-order valence-electron chi connectivity index (χ4n) is 2.04. The highest BCUT2D eigenvalue weighted by Gasteiger charge is 2.23. The van der Waals surface area contributed by atoms with Gasteiger partial charge in [0.25, 0.3) is 0 Å². The number of rotatable bonds is 5. The van der Waals surface area contributed by atoms with E-state index < -0.39 is 15.9 Å². The number of nitrogens with zero attached hydrogens (tertiary/aromatic N) is 2. The van der Waals surface area contributed by atoms with E-state index in [4.69, 9.17) is 16.9 Å². The van der Waals surface area contributed by atoms with Gasteiger partial charge in [0.15, 0.2) is 0 Å². The SMILES string of the molecule is Cc1ccc(NC(=O)CN(C)S(=O)(=O)c2ccc(C#N)cc2)cc1Cl. The number of benzene rings is 2. The molecule has 2 aromatic carbocycles. The molecule has 6 nitrogen and oxygen atoms in total. The Morgan fingerprint density at radius 1 is 1.24 bits per heavy atom. The van der Waals surface area contributed by atoms with E-state index in [1.807, 2.05) is 13.0 Å². The first-order valence-corrected chi connectivity index (χ1v) is 9.08. The van der Waals surface area contributed by atoms with E-state index in [1.165, 1.54) is 31.3 Å². The fraction of sp³-hybridized carbons (Fsp3) is 0.176. The molecule has 0 fully saturated rings. The summed E-state index contributed by atoms with van der Waals surface area (Å²) in [5.41, 5.74) is 1.72. The van der Waals surface area contributed by atoms with Crippen LogP contribution in [0.5, 0.6) is 0 Å². The molecule has 1 amide bonds. The lowest BCUT2D eigenvalue weighted by atomic mass is 10.2. The Kier molecular flexibility index (Phi) is 5.80. The molecule has 0 aliphatic rings. The number of aryl methyl sites for hydroxylation is 1. The second kappa shape index (κ2) is 7.66. The molecule has 2 rings (SSSR count). The first-order chi connectivity index (χ1) is 11.7. The number of sulfonamides is 1. The zero-order valence-electron chi connectivity index (χ0n) is 13.7. The lowest BCUT2D eigenvalue weighted by molar-refractivity contribution is -0.116. The molecule has 130 valence electrons. The van der Waals surface area contributed by atoms with Crippen molar-refractivity contribution in [2.75, 3.05) is 18.9 Å². The third-order valence-corrected chi connectivity index (χ3v) is 5.74. The van der Waals surface area contributed by atoms with Crippen LogP contribution >= 0.6 is 11.6 Å². The van der Waals surface area contributed by atoms with E-state index in [2.05, 4.69) is 5.32 Å². The van der Waals surface area contributed by atoms with Crippen LogP contribution in [0.25, 0.3) is 0 Å². The number of halogens is 1. The Hall–Kier alpha value is -2.40. The summed E-state index contributed by atoms with van der Waals surface area (Å²) in [6, 6.07) is 12.5. The van der Waals surface area contributed by atoms with Crippen LogP contribution in [0.4, 0.5) is 5.69 Å². The maximum atomic E-state index is 12.5. The molecule has 0 aliphatic heterocycles. The monoisotopic (exact) mass is 377 g/mol. The van der Waals surface area contributed by atoms with Crippen LogP contribution < -0.4 is 5.32 Å². The average Bonchev–Trinajstić information content (AvgIpc) is 2.58. The third kappa shape index (κ3) is 4.57. The van der Waals surface area contributed by atoms with Crippen LogP contribution in [-0.2, 0) is 14.8 Å². The second-order valence-electron chi connectivity index (χ2n) is 5.41. The Balaban J connectivity index is 2.08. The normalized spacial score (nSPS) is 11.2. The predicted molar refractivity (Wildman–Crippen MR) is 95.8 cm³/mol. The van der Waals surface area contributed by atoms with Crippen LogP contribution in [0.3, 0.4) is 0 Å². The molecule has 8 heteroatoms. The van der Waals surface area contributed by atoms with Gasteiger partial charge in [0.05, 0.1) is 23.1 Å². The molecule has 0 radical (unpaired) electrons. The van der Waals surface area contributed by atoms with Gasteiger partial charge < -0.3 is 5.32 Å². The number of hydrogen-bond donors (Lipinski definition) is 1. The third-order valence-electron chi connectivity index (χ3n) is 3.51. The fourth-order valence-corrected chi connectivity index (χ4v) is 3.35. The summed E-state index contributed by atoms with van der Waals surface area (Å²) < 4.78 is 25.9. The Bertz CT molecular complexity index is 935. The van der Waals surface area contributed by atoms with Gasteiger partial charge in [-0.25, -0.2) is 8.42 Å². The molecular weight excluding hydrogens is 362 g/mol. The minimum atomic E-state index is -3.83. The highest BCUT2D eigenvalue weighted by molar-refractivity contribution is 7.89. The number of likely N-dealkylation sites (N-methyl/N-ethyl adjacent to an activating group) is 1. The number of nitrogens with one attached hydrogen (secondary N) is 1. The molecule has 0 spiro atoms. The summed E-state index contributed by atoms with van der Waals surface area (Å²) in [6.07, 6.45) is 0. The maximum absolute atomic E-state index is 12.5. The van der Waals surface area contributed by atoms with Crippen molar-refractivity contribution < 1.29 is 13.2 Å². The molecule has 0 heterocycles. The quantitative estimate of drug-likeness (QED) is 0.867. The number of carbonyl (C=O) groups is 1. The summed E-state index contributed by atoms with van der Waals surface area (Å²) in [6.45, 7) is 1.49. The summed E-state index contributed by atoms with van der Waals surface area (Å²) in [7, 11) is -2.51. The lowest BCUT2D eigenvalue weighted by Gasteiger charge is -2.17. The van der Waals surface area contributed by atoms with Gasteiger partial charge in [0.2, 0.25) is 15.9 Å². The van der Waals surface area contributed by atoms with Crippen molar-refractivity contribution in [1.82, 2.24) is 4.31 Å². The zero-order chi connectivity index (χ0) is 18.6. The second-order valence-corrected chi connectivity index (χ2v) is 7.86. The number of hydrogen-bond acceptors (Lipinski definition) is 4. The van der Waals surface area contributed by atoms with Crippen LogP contribution in [0.1, 0.15) is 11.1 Å². The summed E-state index contributed by atoms with van der Waals surface area (Å²) in [5.74, 6) is -0.486. The van der Waals surface area contributed by atoms with Crippen molar-refractivity contribution in [1.29, 1.82) is 5.26 Å². The standard InChI is InChI=1S/C17H16ClN3O3S/c1-12-3-6-14(9-16(12)18)20-17(22)11-21(2)25(23,24)15-7-4-13(10-19)5-8-15/h3-9H,11H2,1-2H3,(H,20,22). The van der Waals surface area contributed by atoms with E-state index in [9.17, 15) is 13.2 Å². The first kappa shape index (κ1) is 18.9. The van der Waals surface area contributed by atoms with E-state index >= 15 is 0 Å². The van der Waals surface area contributed by atoms with Crippen LogP contribution in [0, 0.1) is 18.3 Å². The zero-order valence-corrected chi connectivity index (χ0v) is 15.2. The van der Waals surface area contributed by atoms with Crippen LogP contribution in [-0.4, -0.2) is 32.2 Å². The molecule has 0 bridgehead atoms. The van der Waals surface area contributed by atoms with Crippen molar-refractivity contribution >= 4 is 33.2 Å². The Morgan fingerprint density at radius 3 is 2.44 bits per heavy atom. The number of nitriles is 1. The molecule has 0 aromatic heterocycles. The number of anilines is 1. The van der Waals surface area contributed by atoms with Crippen molar-refractivity contribution in [2.24, 2.45) is 0 Å². The number of carbonyl (C=O) groups excluding carboxylic acids is 1. The van der Waals surface area contributed by atoms with Gasteiger partial charge in [0.1, 0.15) is 0 Å².